The molecule has 6 nitrogen and oxygen atoms in total. The first-order valence-corrected chi connectivity index (χ1v) is 11.0. The molecular weight excluding hydrogens is 396 g/mol. The third-order valence-corrected chi connectivity index (χ3v) is 5.72. The van der Waals surface area contributed by atoms with E-state index in [2.05, 4.69) is 46.1 Å². The average molecular weight is 421 g/mol. The van der Waals surface area contributed by atoms with E-state index >= 15 is 0 Å². The summed E-state index contributed by atoms with van der Waals surface area (Å²) in [5.74, 6) is 2.55. The minimum atomic E-state index is 0.515. The van der Waals surface area contributed by atoms with Gasteiger partial charge in [0.15, 0.2) is 0 Å². The quantitative estimate of drug-likeness (QED) is 0.332. The summed E-state index contributed by atoms with van der Waals surface area (Å²) < 4.78 is 11.7. The monoisotopic (exact) mass is 420 g/mol. The standard InChI is InChI=1S/C23H24N4O2S/c1-4-27(5-2)19-13-11-18(12-14-19)22-25-26-23(29-22)30-15-20-16(3)28-21(24-20)17-9-7-6-8-10-17/h6-14H,4-5,15H2,1-3H3. The van der Waals surface area contributed by atoms with Crippen molar-refractivity contribution in [2.24, 2.45) is 0 Å². The Morgan fingerprint density at radius 2 is 1.53 bits per heavy atom. The normalized spacial score (nSPS) is 11.0. The smallest absolute Gasteiger partial charge is 0.277 e. The van der Waals surface area contributed by atoms with Crippen molar-refractivity contribution in [3.05, 3.63) is 66.1 Å². The predicted octanol–water partition coefficient (Wildman–Crippen LogP) is 5.84. The van der Waals surface area contributed by atoms with E-state index in [9.17, 15) is 0 Å². The van der Waals surface area contributed by atoms with Gasteiger partial charge in [-0.1, -0.05) is 30.0 Å². The molecule has 0 spiro atoms. The molecule has 30 heavy (non-hydrogen) atoms. The lowest BCUT2D eigenvalue weighted by Crippen LogP contribution is -2.21. The van der Waals surface area contributed by atoms with Crippen LogP contribution in [0.5, 0.6) is 0 Å². The number of anilines is 1. The van der Waals surface area contributed by atoms with Gasteiger partial charge in [-0.3, -0.25) is 0 Å². The molecule has 0 aliphatic heterocycles. The number of oxazole rings is 1. The number of benzene rings is 2. The number of aryl methyl sites for hydroxylation is 1. The van der Waals surface area contributed by atoms with Crippen LogP contribution >= 0.6 is 11.8 Å². The first-order chi connectivity index (χ1) is 14.7. The molecule has 0 unspecified atom stereocenters. The van der Waals surface area contributed by atoms with Crippen LogP contribution in [0.3, 0.4) is 0 Å². The SMILES string of the molecule is CCN(CC)c1ccc(-c2nnc(SCc3nc(-c4ccccc4)oc3C)o2)cc1. The topological polar surface area (TPSA) is 68.2 Å². The third kappa shape index (κ3) is 4.41. The van der Waals surface area contributed by atoms with Gasteiger partial charge < -0.3 is 13.7 Å². The van der Waals surface area contributed by atoms with Crippen LogP contribution in [-0.4, -0.2) is 28.3 Å². The summed E-state index contributed by atoms with van der Waals surface area (Å²) in [6, 6.07) is 18.1. The number of hydrogen-bond acceptors (Lipinski definition) is 7. The van der Waals surface area contributed by atoms with Crippen molar-refractivity contribution in [1.82, 2.24) is 15.2 Å². The van der Waals surface area contributed by atoms with E-state index in [1.807, 2.05) is 49.4 Å². The fourth-order valence-corrected chi connectivity index (χ4v) is 3.95. The molecule has 0 amide bonds. The maximum absolute atomic E-state index is 5.84. The van der Waals surface area contributed by atoms with Crippen LogP contribution in [0.1, 0.15) is 25.3 Å². The van der Waals surface area contributed by atoms with Crippen molar-refractivity contribution in [2.45, 2.75) is 31.7 Å². The molecule has 0 N–H and O–H groups in total. The molecule has 2 aromatic heterocycles. The Morgan fingerprint density at radius 1 is 0.833 bits per heavy atom. The van der Waals surface area contributed by atoms with Gasteiger partial charge in [0.25, 0.3) is 5.22 Å². The van der Waals surface area contributed by atoms with Crippen LogP contribution in [0.25, 0.3) is 22.9 Å². The highest BCUT2D eigenvalue weighted by Crippen LogP contribution is 2.29. The number of thioether (sulfide) groups is 1. The molecule has 2 aromatic carbocycles. The van der Waals surface area contributed by atoms with Gasteiger partial charge in [-0.25, -0.2) is 4.98 Å². The molecule has 0 saturated carbocycles. The minimum absolute atomic E-state index is 0.515. The molecule has 2 heterocycles. The molecule has 7 heteroatoms. The zero-order valence-electron chi connectivity index (χ0n) is 17.3. The van der Waals surface area contributed by atoms with E-state index in [1.54, 1.807) is 0 Å². The van der Waals surface area contributed by atoms with Gasteiger partial charge >= 0.3 is 0 Å². The van der Waals surface area contributed by atoms with Crippen molar-refractivity contribution < 1.29 is 8.83 Å². The molecule has 0 radical (unpaired) electrons. The molecule has 154 valence electrons. The molecular formula is C23H24N4O2S. The third-order valence-electron chi connectivity index (χ3n) is 4.90. The summed E-state index contributed by atoms with van der Waals surface area (Å²) in [7, 11) is 0. The molecule has 0 atom stereocenters. The first kappa shape index (κ1) is 20.2. The Bertz CT molecular complexity index is 1090. The van der Waals surface area contributed by atoms with Crippen molar-refractivity contribution >= 4 is 17.4 Å². The molecule has 0 bridgehead atoms. The highest BCUT2D eigenvalue weighted by atomic mass is 32.2. The molecule has 0 aliphatic carbocycles. The summed E-state index contributed by atoms with van der Waals surface area (Å²) in [6.45, 7) is 8.18. The van der Waals surface area contributed by atoms with Crippen LogP contribution in [0, 0.1) is 6.92 Å². The van der Waals surface area contributed by atoms with E-state index in [0.717, 1.165) is 35.7 Å². The lowest BCUT2D eigenvalue weighted by Gasteiger charge is -2.20. The summed E-state index contributed by atoms with van der Waals surface area (Å²) in [5.41, 5.74) is 3.94. The maximum Gasteiger partial charge on any atom is 0.277 e. The number of hydrogen-bond donors (Lipinski definition) is 0. The molecule has 0 saturated heterocycles. The van der Waals surface area contributed by atoms with E-state index in [0.29, 0.717) is 22.8 Å². The highest BCUT2D eigenvalue weighted by molar-refractivity contribution is 7.98. The van der Waals surface area contributed by atoms with Gasteiger partial charge in [-0.2, -0.15) is 0 Å². The Labute approximate surface area is 180 Å². The van der Waals surface area contributed by atoms with Crippen molar-refractivity contribution in [3.8, 4) is 22.9 Å². The van der Waals surface area contributed by atoms with Gasteiger partial charge in [0, 0.05) is 35.7 Å². The van der Waals surface area contributed by atoms with Gasteiger partial charge in [-0.15, -0.1) is 10.2 Å². The van der Waals surface area contributed by atoms with Gasteiger partial charge in [0.05, 0.1) is 5.69 Å². The second-order valence-electron chi connectivity index (χ2n) is 6.77. The summed E-state index contributed by atoms with van der Waals surface area (Å²) in [6.07, 6.45) is 0. The number of rotatable bonds is 8. The number of aromatic nitrogens is 3. The molecule has 0 fully saturated rings. The van der Waals surface area contributed by atoms with E-state index < -0.39 is 0 Å². The Hall–Kier alpha value is -3.06. The second kappa shape index (κ2) is 9.17. The average Bonchev–Trinajstić information content (AvgIpc) is 3.41. The van der Waals surface area contributed by atoms with Crippen LogP contribution in [0.2, 0.25) is 0 Å². The van der Waals surface area contributed by atoms with Crippen molar-refractivity contribution in [3.63, 3.8) is 0 Å². The summed E-state index contributed by atoms with van der Waals surface area (Å²) in [5, 5.41) is 8.88. The van der Waals surface area contributed by atoms with E-state index in [-0.39, 0.29) is 0 Å². The Morgan fingerprint density at radius 3 is 2.23 bits per heavy atom. The predicted molar refractivity (Wildman–Crippen MR) is 120 cm³/mol. The summed E-state index contributed by atoms with van der Waals surface area (Å²) in [4.78, 5) is 6.91. The van der Waals surface area contributed by atoms with Gasteiger partial charge in [0.1, 0.15) is 5.76 Å². The lowest BCUT2D eigenvalue weighted by atomic mass is 10.2. The Kier molecular flexibility index (Phi) is 6.18. The zero-order chi connectivity index (χ0) is 20.9. The molecule has 4 rings (SSSR count). The molecule has 0 aliphatic rings. The zero-order valence-corrected chi connectivity index (χ0v) is 18.1. The van der Waals surface area contributed by atoms with Crippen molar-refractivity contribution in [1.29, 1.82) is 0 Å². The summed E-state index contributed by atoms with van der Waals surface area (Å²) >= 11 is 1.46. The fourth-order valence-electron chi connectivity index (χ4n) is 3.18. The van der Waals surface area contributed by atoms with Gasteiger partial charge in [-0.05, 0) is 57.2 Å². The van der Waals surface area contributed by atoms with Crippen LogP contribution in [0.4, 0.5) is 5.69 Å². The number of nitrogens with zero attached hydrogens (tertiary/aromatic N) is 4. The largest absolute Gasteiger partial charge is 0.441 e. The lowest BCUT2D eigenvalue weighted by molar-refractivity contribution is 0.465. The van der Waals surface area contributed by atoms with E-state index in [4.69, 9.17) is 8.83 Å². The van der Waals surface area contributed by atoms with Crippen LogP contribution in [0.15, 0.2) is 68.7 Å². The minimum Gasteiger partial charge on any atom is -0.441 e. The van der Waals surface area contributed by atoms with Crippen molar-refractivity contribution in [2.75, 3.05) is 18.0 Å². The van der Waals surface area contributed by atoms with E-state index in [1.165, 1.54) is 17.4 Å². The highest BCUT2D eigenvalue weighted by Gasteiger charge is 2.15. The maximum atomic E-state index is 5.84. The van der Waals surface area contributed by atoms with Crippen LogP contribution in [-0.2, 0) is 5.75 Å². The first-order valence-electron chi connectivity index (χ1n) is 10.0. The van der Waals surface area contributed by atoms with Crippen LogP contribution < -0.4 is 4.90 Å². The molecule has 4 aromatic rings. The fraction of sp³-hybridized carbons (Fsp3) is 0.261. The Balaban J connectivity index is 1.42. The second-order valence-corrected chi connectivity index (χ2v) is 7.70. The van der Waals surface area contributed by atoms with Gasteiger partial charge in [0.2, 0.25) is 11.8 Å².